The van der Waals surface area contributed by atoms with Gasteiger partial charge in [-0.15, -0.1) is 6.04 Å². The second kappa shape index (κ2) is 20.8. The van der Waals surface area contributed by atoms with Gasteiger partial charge in [-0.2, -0.15) is 6.61 Å². The van der Waals surface area contributed by atoms with Crippen LogP contribution >= 0.6 is 27.6 Å². The predicted octanol–water partition coefficient (Wildman–Crippen LogP) is 4.34. The maximum atomic E-state index is 6.83. The van der Waals surface area contributed by atoms with Crippen molar-refractivity contribution < 1.29 is 24.7 Å². The zero-order valence-electron chi connectivity index (χ0n) is 9.47. The molecule has 0 fully saturated rings. The minimum absolute atomic E-state index is 0.134. The van der Waals surface area contributed by atoms with Gasteiger partial charge in [-0.05, 0) is 7.11 Å². The minimum atomic E-state index is -2.03. The van der Waals surface area contributed by atoms with Crippen LogP contribution in [0.1, 0.15) is 20.3 Å². The van der Waals surface area contributed by atoms with Gasteiger partial charge in [-0.25, -0.2) is 0 Å². The molecule has 0 aliphatic rings. The Morgan fingerprint density at radius 2 is 1.67 bits per heavy atom. The molecule has 0 heterocycles. The van der Waals surface area contributed by atoms with Crippen molar-refractivity contribution in [2.75, 3.05) is 20.8 Å². The van der Waals surface area contributed by atoms with Crippen LogP contribution < -0.4 is 0 Å². The van der Waals surface area contributed by atoms with E-state index in [2.05, 4.69) is 9.47 Å². The first kappa shape index (κ1) is 21.7. The second-order valence-corrected chi connectivity index (χ2v) is 12.4. The first-order chi connectivity index (χ1) is 6.92. The number of hydrogen-bond acceptors (Lipinski definition) is 2. The van der Waals surface area contributed by atoms with Gasteiger partial charge in [0, 0.05) is 7.11 Å². The predicted molar refractivity (Wildman–Crippen MR) is 64.8 cm³/mol. The summed E-state index contributed by atoms with van der Waals surface area (Å²) in [5.74, 6) is 0. The Bertz CT molecular complexity index is 93.2. The summed E-state index contributed by atoms with van der Waals surface area (Å²) in [6.45, 7) is 6.05. The molecule has 0 amide bonds. The molecule has 0 rings (SSSR count). The molecule has 7 heteroatoms. The van der Waals surface area contributed by atoms with Gasteiger partial charge < -0.3 is 15.2 Å². The van der Waals surface area contributed by atoms with E-state index in [0.29, 0.717) is 6.61 Å². The molecule has 0 aliphatic carbocycles. The van der Waals surface area contributed by atoms with Gasteiger partial charge in [0.15, 0.2) is 0 Å². The van der Waals surface area contributed by atoms with Crippen LogP contribution in [0.3, 0.4) is 0 Å². The number of halogens is 3. The van der Waals surface area contributed by atoms with E-state index >= 15 is 0 Å². The number of rotatable bonds is 4. The van der Waals surface area contributed by atoms with Crippen LogP contribution in [0, 0.1) is 6.61 Å². The fourth-order valence-corrected chi connectivity index (χ4v) is 0.136. The standard InChI is InChI=1S/C4H10N.C4H9O2.3ClH.Nb/c1-3-4(2)5;1-5-3-4-6-2;;;;/h4-5H,3H2,1-2H3;3H,4H2,1-2H3;3*1H;/q2*-1;;;;+3/p-3. The molecule has 1 unspecified atom stereocenters. The molecule has 0 aromatic rings. The summed E-state index contributed by atoms with van der Waals surface area (Å²) in [5, 5.41) is 0. The molecule has 0 aromatic carbocycles. The second-order valence-electron chi connectivity index (χ2n) is 2.36. The van der Waals surface area contributed by atoms with Gasteiger partial charge in [0.25, 0.3) is 0 Å². The van der Waals surface area contributed by atoms with Crippen molar-refractivity contribution in [3.05, 3.63) is 12.3 Å². The first-order valence-corrected chi connectivity index (χ1v) is 12.7. The van der Waals surface area contributed by atoms with Crippen molar-refractivity contribution >= 4 is 27.6 Å². The SMILES string of the molecule is CCC(C)[NH-].CO[CH-]COC.[Cl][Nb]([Cl])[Cl]. The molecule has 0 spiro atoms. The van der Waals surface area contributed by atoms with E-state index in [1.165, 1.54) is 0 Å². The van der Waals surface area contributed by atoms with E-state index in [0.717, 1.165) is 6.42 Å². The third-order valence-electron chi connectivity index (χ3n) is 1.01. The maximum absolute atomic E-state index is 6.83. The van der Waals surface area contributed by atoms with E-state index in [1.807, 2.05) is 13.8 Å². The fourth-order valence-electron chi connectivity index (χ4n) is 0.136. The number of ether oxygens (including phenoxy) is 2. The monoisotopic (exact) mass is 359 g/mol. The summed E-state index contributed by atoms with van der Waals surface area (Å²) in [7, 11) is 18.2. The van der Waals surface area contributed by atoms with E-state index in [-0.39, 0.29) is 6.04 Å². The first-order valence-electron chi connectivity index (χ1n) is 4.24. The summed E-state index contributed by atoms with van der Waals surface area (Å²) in [4.78, 5) is 0. The number of methoxy groups -OCH3 is 2. The van der Waals surface area contributed by atoms with E-state index in [1.54, 1.807) is 20.8 Å². The van der Waals surface area contributed by atoms with Crippen LogP contribution in [0.4, 0.5) is 0 Å². The van der Waals surface area contributed by atoms with Gasteiger partial charge in [0.05, 0.1) is 0 Å². The van der Waals surface area contributed by atoms with Crippen LogP contribution in [0.2, 0.25) is 0 Å². The van der Waals surface area contributed by atoms with Crippen LogP contribution in [0.15, 0.2) is 0 Å². The van der Waals surface area contributed by atoms with Crippen LogP contribution in [-0.4, -0.2) is 26.9 Å². The van der Waals surface area contributed by atoms with Crippen LogP contribution in [0.5, 0.6) is 0 Å². The van der Waals surface area contributed by atoms with Gasteiger partial charge >= 0.3 is 42.8 Å². The molecule has 96 valence electrons. The molecule has 0 saturated carbocycles. The Labute approximate surface area is 111 Å². The summed E-state index contributed by atoms with van der Waals surface area (Å²) in [5.41, 5.74) is 6.83. The average molecular weight is 361 g/mol. The van der Waals surface area contributed by atoms with Crippen molar-refractivity contribution in [2.45, 2.75) is 26.3 Å². The summed E-state index contributed by atoms with van der Waals surface area (Å²) in [6, 6.07) is 0.134. The van der Waals surface area contributed by atoms with Crippen molar-refractivity contribution in [3.8, 4) is 0 Å². The van der Waals surface area contributed by atoms with Crippen LogP contribution in [-0.2, 0) is 24.7 Å². The molecule has 0 aromatic heterocycles. The zero-order chi connectivity index (χ0) is 12.7. The topological polar surface area (TPSA) is 42.3 Å². The van der Waals surface area contributed by atoms with Gasteiger partial charge in [-0.1, -0.05) is 26.9 Å². The Hall–Kier alpha value is 1.49. The Kier molecular flexibility index (Phi) is 30.2. The summed E-state index contributed by atoms with van der Waals surface area (Å²) in [6.07, 6.45) is 0.972. The number of nitrogens with one attached hydrogen (secondary N) is 1. The van der Waals surface area contributed by atoms with Crippen molar-refractivity contribution in [1.82, 2.24) is 0 Å². The average Bonchev–Trinajstić information content (AvgIpc) is 2.14. The van der Waals surface area contributed by atoms with Gasteiger partial charge in [-0.3, -0.25) is 0 Å². The molecule has 15 heavy (non-hydrogen) atoms. The van der Waals surface area contributed by atoms with Crippen molar-refractivity contribution in [3.63, 3.8) is 0 Å². The molecule has 3 nitrogen and oxygen atoms in total. The summed E-state index contributed by atoms with van der Waals surface area (Å²) < 4.78 is 9.13. The summed E-state index contributed by atoms with van der Waals surface area (Å²) >= 11 is -2.03. The molecular weight excluding hydrogens is 341 g/mol. The Morgan fingerprint density at radius 1 is 1.33 bits per heavy atom. The van der Waals surface area contributed by atoms with Crippen molar-refractivity contribution in [1.29, 1.82) is 0 Å². The molecule has 0 radical (unpaired) electrons. The number of hydrogen-bond donors (Lipinski definition) is 0. The zero-order valence-corrected chi connectivity index (χ0v) is 13.9. The van der Waals surface area contributed by atoms with E-state index < -0.39 is 15.2 Å². The molecule has 0 aliphatic heterocycles. The Morgan fingerprint density at radius 3 is 1.73 bits per heavy atom. The van der Waals surface area contributed by atoms with Crippen LogP contribution in [0.25, 0.3) is 5.73 Å². The van der Waals surface area contributed by atoms with Gasteiger partial charge in [0.2, 0.25) is 0 Å². The fraction of sp³-hybridized carbons (Fsp3) is 0.875. The van der Waals surface area contributed by atoms with Crippen molar-refractivity contribution in [2.24, 2.45) is 0 Å². The third kappa shape index (κ3) is 66.9. The quantitative estimate of drug-likeness (QED) is 0.425. The molecule has 1 N–H and O–H groups in total. The molecular formula is C8H19Cl3NNbO2-2. The van der Waals surface area contributed by atoms with Gasteiger partial charge in [0.1, 0.15) is 0 Å². The molecule has 1 atom stereocenters. The third-order valence-corrected chi connectivity index (χ3v) is 1.01. The Balaban J connectivity index is -0.000000147. The molecule has 0 bridgehead atoms. The molecule has 0 saturated heterocycles. The normalized spacial score (nSPS) is 11.0. The van der Waals surface area contributed by atoms with E-state index in [9.17, 15) is 0 Å². The van der Waals surface area contributed by atoms with E-state index in [4.69, 9.17) is 33.3 Å².